The van der Waals surface area contributed by atoms with Gasteiger partial charge in [0.1, 0.15) is 0 Å². The van der Waals surface area contributed by atoms with Crippen molar-refractivity contribution < 1.29 is 0 Å². The number of rotatable bonds is 3. The van der Waals surface area contributed by atoms with Gasteiger partial charge in [-0.2, -0.15) is 0 Å². The molecular weight excluding hydrogens is 471 g/mol. The van der Waals surface area contributed by atoms with Crippen molar-refractivity contribution >= 4 is 60.0 Å². The van der Waals surface area contributed by atoms with Gasteiger partial charge in [0.25, 0.3) is 0 Å². The first-order valence-electron chi connectivity index (χ1n) is 11.9. The third kappa shape index (κ3) is 3.37. The molecule has 0 unspecified atom stereocenters. The van der Waals surface area contributed by atoms with Crippen LogP contribution in [0.25, 0.3) is 32.3 Å². The van der Waals surface area contributed by atoms with Crippen molar-refractivity contribution in [3.05, 3.63) is 126 Å². The summed E-state index contributed by atoms with van der Waals surface area (Å²) in [5.41, 5.74) is 4.03. The van der Waals surface area contributed by atoms with E-state index in [2.05, 4.69) is 130 Å². The van der Waals surface area contributed by atoms with E-state index < -0.39 is 14.7 Å². The van der Waals surface area contributed by atoms with Crippen molar-refractivity contribution in [2.45, 2.75) is 20.8 Å². The zero-order chi connectivity index (χ0) is 23.2. The summed E-state index contributed by atoms with van der Waals surface area (Å²) in [5.74, 6) is 0. The van der Waals surface area contributed by atoms with Crippen LogP contribution >= 0.6 is 0 Å². The van der Waals surface area contributed by atoms with Crippen molar-refractivity contribution in [2.75, 3.05) is 0 Å². The first-order chi connectivity index (χ1) is 16.6. The minimum absolute atomic E-state index is 1.34. The number of hydrogen-bond donors (Lipinski definition) is 0. The molecule has 0 nitrogen and oxygen atoms in total. The molecule has 164 valence electrons. The Morgan fingerprint density at radius 2 is 0.588 bits per heavy atom. The maximum absolute atomic E-state index is 2.42. The summed E-state index contributed by atoms with van der Waals surface area (Å²) in [7, 11) is 0. The predicted octanol–water partition coefficient (Wildman–Crippen LogP) is 6.59. The number of benzene rings is 6. The molecule has 0 aliphatic heterocycles. The van der Waals surface area contributed by atoms with Crippen molar-refractivity contribution in [1.82, 2.24) is 0 Å². The molecule has 6 aromatic carbocycles. The molecule has 6 aromatic rings. The Labute approximate surface area is 206 Å². The Morgan fingerprint density at radius 3 is 0.882 bits per heavy atom. The molecule has 0 aliphatic carbocycles. The Balaban J connectivity index is 1.77. The van der Waals surface area contributed by atoms with Gasteiger partial charge in [0.15, 0.2) is 0 Å². The van der Waals surface area contributed by atoms with Crippen LogP contribution in [0.5, 0.6) is 0 Å². The van der Waals surface area contributed by atoms with E-state index in [1.54, 1.807) is 0 Å². The molecule has 0 atom stereocenters. The molecule has 0 aromatic heterocycles. The van der Waals surface area contributed by atoms with Crippen LogP contribution in [0.4, 0.5) is 0 Å². The average molecular weight is 499 g/mol. The summed E-state index contributed by atoms with van der Waals surface area (Å²) >= 11 is -1.92. The fourth-order valence-electron chi connectivity index (χ4n) is 5.28. The molecule has 0 aliphatic rings. The van der Waals surface area contributed by atoms with E-state index in [0.29, 0.717) is 0 Å². The van der Waals surface area contributed by atoms with Gasteiger partial charge in [-0.3, -0.25) is 0 Å². The second-order valence-corrected chi connectivity index (χ2v) is 13.6. The number of hydrogen-bond acceptors (Lipinski definition) is 0. The molecule has 0 fully saturated rings. The summed E-state index contributed by atoms with van der Waals surface area (Å²) in [5, 5.41) is 8.30. The normalized spacial score (nSPS) is 11.6. The second kappa shape index (κ2) is 8.46. The summed E-state index contributed by atoms with van der Waals surface area (Å²) in [6.45, 7) is 6.68. The van der Waals surface area contributed by atoms with Crippen LogP contribution in [0.3, 0.4) is 0 Å². The first-order valence-corrected chi connectivity index (χ1v) is 14.7. The monoisotopic (exact) mass is 498 g/mol. The van der Waals surface area contributed by atoms with Crippen LogP contribution in [0.15, 0.2) is 109 Å². The summed E-state index contributed by atoms with van der Waals surface area (Å²) < 4.78 is 4.53. The Hall–Kier alpha value is -3.34. The minimum atomic E-state index is -1.92. The molecule has 34 heavy (non-hydrogen) atoms. The SMILES string of the molecule is Cc1ccc([As](c2ccc(C)c3ccccc23)c2ccc(C)c3ccccc23)c2ccccc12. The fourth-order valence-corrected chi connectivity index (χ4v) is 11.1. The number of fused-ring (bicyclic) bond motifs is 3. The molecule has 0 saturated carbocycles. The quantitative estimate of drug-likeness (QED) is 0.242. The molecule has 0 heterocycles. The van der Waals surface area contributed by atoms with E-state index in [0.717, 1.165) is 0 Å². The zero-order valence-electron chi connectivity index (χ0n) is 19.8. The molecule has 6 rings (SSSR count). The van der Waals surface area contributed by atoms with E-state index in [9.17, 15) is 0 Å². The van der Waals surface area contributed by atoms with Crippen LogP contribution in [-0.4, -0.2) is 14.7 Å². The standard InChI is InChI=1S/C33H27As/c1-22-16-19-31(28-13-7-4-10-25(22)28)34(32-20-17-23(2)26-11-5-8-14-29(26)32)33-21-18-24(3)27-12-6-9-15-30(27)33/h4-21H,1-3H3. The Bertz CT molecular complexity index is 1490. The molecule has 1 heteroatoms. The first kappa shape index (κ1) is 21.2. The van der Waals surface area contributed by atoms with E-state index in [1.807, 2.05) is 0 Å². The third-order valence-corrected chi connectivity index (χ3v) is 12.6. The van der Waals surface area contributed by atoms with E-state index in [1.165, 1.54) is 62.1 Å². The second-order valence-electron chi connectivity index (χ2n) is 9.18. The average Bonchev–Trinajstić information content (AvgIpc) is 2.88. The van der Waals surface area contributed by atoms with Gasteiger partial charge in [0.05, 0.1) is 0 Å². The molecule has 0 amide bonds. The van der Waals surface area contributed by atoms with Crippen molar-refractivity contribution in [3.63, 3.8) is 0 Å². The van der Waals surface area contributed by atoms with Crippen molar-refractivity contribution in [2.24, 2.45) is 0 Å². The van der Waals surface area contributed by atoms with Crippen LogP contribution in [0.2, 0.25) is 0 Å². The Kier molecular flexibility index (Phi) is 5.28. The maximum atomic E-state index is 2.42. The van der Waals surface area contributed by atoms with E-state index in [4.69, 9.17) is 0 Å². The van der Waals surface area contributed by atoms with Crippen LogP contribution in [0, 0.1) is 20.8 Å². The molecule has 0 saturated heterocycles. The van der Waals surface area contributed by atoms with Crippen LogP contribution in [-0.2, 0) is 0 Å². The Morgan fingerprint density at radius 1 is 0.324 bits per heavy atom. The van der Waals surface area contributed by atoms with Gasteiger partial charge in [0.2, 0.25) is 0 Å². The van der Waals surface area contributed by atoms with Crippen LogP contribution in [0.1, 0.15) is 16.7 Å². The van der Waals surface area contributed by atoms with Crippen LogP contribution < -0.4 is 13.1 Å². The van der Waals surface area contributed by atoms with Gasteiger partial charge >= 0.3 is 207 Å². The van der Waals surface area contributed by atoms with E-state index in [-0.39, 0.29) is 0 Å². The summed E-state index contributed by atoms with van der Waals surface area (Å²) in [4.78, 5) is 0. The van der Waals surface area contributed by atoms with Gasteiger partial charge in [-0.1, -0.05) is 0 Å². The van der Waals surface area contributed by atoms with Gasteiger partial charge in [0, 0.05) is 0 Å². The van der Waals surface area contributed by atoms with Gasteiger partial charge in [-0.05, 0) is 0 Å². The number of aryl methyl sites for hydroxylation is 3. The molecule has 0 bridgehead atoms. The van der Waals surface area contributed by atoms with E-state index >= 15 is 0 Å². The fraction of sp³-hybridized carbons (Fsp3) is 0.0909. The summed E-state index contributed by atoms with van der Waals surface area (Å²) in [6, 6.07) is 41.1. The van der Waals surface area contributed by atoms with Gasteiger partial charge in [-0.15, -0.1) is 0 Å². The molecule has 0 spiro atoms. The third-order valence-electron chi connectivity index (χ3n) is 7.08. The zero-order valence-corrected chi connectivity index (χ0v) is 21.7. The molecular formula is C33H27As. The predicted molar refractivity (Wildman–Crippen MR) is 151 cm³/mol. The molecule has 0 N–H and O–H groups in total. The van der Waals surface area contributed by atoms with Gasteiger partial charge in [-0.25, -0.2) is 0 Å². The van der Waals surface area contributed by atoms with Crippen molar-refractivity contribution in [1.29, 1.82) is 0 Å². The van der Waals surface area contributed by atoms with Crippen molar-refractivity contribution in [3.8, 4) is 0 Å². The van der Waals surface area contributed by atoms with Gasteiger partial charge < -0.3 is 0 Å². The topological polar surface area (TPSA) is 0 Å². The molecule has 0 radical (unpaired) electrons. The summed E-state index contributed by atoms with van der Waals surface area (Å²) in [6.07, 6.45) is 0.